The van der Waals surface area contributed by atoms with Gasteiger partial charge in [0, 0.05) is 19.2 Å². The van der Waals surface area contributed by atoms with E-state index in [1.54, 1.807) is 20.9 Å². The van der Waals surface area contributed by atoms with Crippen LogP contribution in [0, 0.1) is 27.2 Å². The lowest BCUT2D eigenvalue weighted by Gasteiger charge is -2.16. The first-order valence-electron chi connectivity index (χ1n) is 6.02. The first kappa shape index (κ1) is 16.9. The van der Waals surface area contributed by atoms with Crippen LogP contribution in [0.5, 0.6) is 0 Å². The zero-order valence-corrected chi connectivity index (χ0v) is 12.9. The number of aliphatic imine (C=N–C) groups is 1. The van der Waals surface area contributed by atoms with Gasteiger partial charge in [0.15, 0.2) is 5.69 Å². The summed E-state index contributed by atoms with van der Waals surface area (Å²) in [6.45, 7) is 3.32. The van der Waals surface area contributed by atoms with Gasteiger partial charge >= 0.3 is 0 Å². The number of nitrogens with zero attached hydrogens (tertiary/aromatic N) is 3. The number of benzene rings is 1. The summed E-state index contributed by atoms with van der Waals surface area (Å²) in [5, 5.41) is 25.8. The van der Waals surface area contributed by atoms with E-state index < -0.39 is 9.85 Å². The van der Waals surface area contributed by atoms with Gasteiger partial charge in [0.2, 0.25) is 0 Å². The molecule has 0 fully saturated rings. The maximum atomic E-state index is 11.1. The van der Waals surface area contributed by atoms with Gasteiger partial charge in [-0.2, -0.15) is 0 Å². The quantitative estimate of drug-likeness (QED) is 0.387. The van der Waals surface area contributed by atoms with Crippen LogP contribution in [0.3, 0.4) is 0 Å². The number of thioether (sulfide) groups is 1. The molecule has 1 aromatic carbocycles. The Hall–Kier alpha value is -2.16. The molecule has 0 aliphatic heterocycles. The van der Waals surface area contributed by atoms with Crippen LogP contribution in [0.1, 0.15) is 12.5 Å². The van der Waals surface area contributed by atoms with Crippen LogP contribution in [-0.4, -0.2) is 34.2 Å². The van der Waals surface area contributed by atoms with Crippen molar-refractivity contribution in [2.75, 3.05) is 18.6 Å². The third kappa shape index (κ3) is 3.91. The molecule has 0 unspecified atom stereocenters. The van der Waals surface area contributed by atoms with E-state index >= 15 is 0 Å². The Kier molecular flexibility index (Phi) is 5.65. The number of hydrogen-bond donors (Lipinski definition) is 1. The molecule has 0 bridgehead atoms. The van der Waals surface area contributed by atoms with Crippen LogP contribution in [0.15, 0.2) is 17.1 Å². The molecule has 0 spiro atoms. The highest BCUT2D eigenvalue weighted by Gasteiger charge is 2.27. The van der Waals surface area contributed by atoms with Gasteiger partial charge in [-0.1, -0.05) is 0 Å². The van der Waals surface area contributed by atoms with E-state index in [-0.39, 0.29) is 23.1 Å². The summed E-state index contributed by atoms with van der Waals surface area (Å²) < 4.78 is 0. The van der Waals surface area contributed by atoms with Gasteiger partial charge in [-0.25, -0.2) is 0 Å². The highest BCUT2D eigenvalue weighted by Crippen LogP contribution is 2.36. The predicted octanol–water partition coefficient (Wildman–Crippen LogP) is 3.00. The van der Waals surface area contributed by atoms with E-state index in [0.717, 1.165) is 0 Å². The lowest BCUT2D eigenvalue weighted by atomic mass is 10.1. The molecule has 21 heavy (non-hydrogen) atoms. The molecule has 1 aromatic rings. The van der Waals surface area contributed by atoms with Gasteiger partial charge in [-0.3, -0.25) is 25.2 Å². The largest absolute Gasteiger partial charge is 0.365 e. The van der Waals surface area contributed by atoms with Crippen molar-refractivity contribution in [1.82, 2.24) is 0 Å². The van der Waals surface area contributed by atoms with Crippen LogP contribution in [-0.2, 0) is 0 Å². The van der Waals surface area contributed by atoms with E-state index in [1.165, 1.54) is 23.9 Å². The number of nitrogens with one attached hydrogen (secondary N) is 1. The highest BCUT2D eigenvalue weighted by atomic mass is 32.2. The summed E-state index contributed by atoms with van der Waals surface area (Å²) in [6.07, 6.45) is 1.82. The summed E-state index contributed by atoms with van der Waals surface area (Å²) in [7, 11) is 1.60. The minimum atomic E-state index is -0.628. The SMILES string of the molecule is CN=C(SC)[C@@H](C)Nc1c([N+](=O)[O-])cc(C)cc1[N+](=O)[O-]. The molecule has 0 aromatic heterocycles. The minimum Gasteiger partial charge on any atom is -0.365 e. The first-order chi connectivity index (χ1) is 9.81. The molecule has 0 aliphatic rings. The molecule has 9 heteroatoms. The van der Waals surface area contributed by atoms with Crippen LogP contribution >= 0.6 is 11.8 Å². The van der Waals surface area contributed by atoms with Gasteiger partial charge < -0.3 is 5.32 Å². The molecule has 114 valence electrons. The van der Waals surface area contributed by atoms with E-state index in [0.29, 0.717) is 10.6 Å². The number of hydrogen-bond acceptors (Lipinski definition) is 7. The number of aryl methyl sites for hydroxylation is 1. The molecule has 0 heterocycles. The average Bonchev–Trinajstić information content (AvgIpc) is 2.41. The zero-order valence-electron chi connectivity index (χ0n) is 12.1. The lowest BCUT2D eigenvalue weighted by Crippen LogP contribution is -2.24. The molecule has 8 nitrogen and oxygen atoms in total. The summed E-state index contributed by atoms with van der Waals surface area (Å²) in [5.41, 5.74) is -0.269. The summed E-state index contributed by atoms with van der Waals surface area (Å²) in [6, 6.07) is 2.25. The van der Waals surface area contributed by atoms with Gasteiger partial charge in [0.05, 0.1) is 20.9 Å². The molecule has 0 saturated heterocycles. The third-order valence-electron chi connectivity index (χ3n) is 2.80. The Morgan fingerprint density at radius 3 is 2.10 bits per heavy atom. The van der Waals surface area contributed by atoms with E-state index in [4.69, 9.17) is 0 Å². The van der Waals surface area contributed by atoms with Crippen molar-refractivity contribution in [3.63, 3.8) is 0 Å². The number of rotatable bonds is 5. The van der Waals surface area contributed by atoms with Gasteiger partial charge in [0.25, 0.3) is 11.4 Å². The molecule has 1 rings (SSSR count). The molecule has 0 radical (unpaired) electrons. The summed E-state index contributed by atoms with van der Waals surface area (Å²) in [5.74, 6) is 0. The molecule has 0 amide bonds. The monoisotopic (exact) mass is 312 g/mol. The predicted molar refractivity (Wildman–Crippen MR) is 84.4 cm³/mol. The normalized spacial score (nSPS) is 12.9. The van der Waals surface area contributed by atoms with Crippen molar-refractivity contribution in [2.24, 2.45) is 4.99 Å². The second kappa shape index (κ2) is 7.02. The molecular formula is C12H16N4O4S. The Bertz CT molecular complexity index is 568. The standard InChI is InChI=1S/C12H16N4O4S/c1-7-5-9(15(17)18)11(10(6-7)16(19)20)14-8(2)12(13-3)21-4/h5-6,8,14H,1-4H3/t8-/m1/s1. The van der Waals surface area contributed by atoms with Crippen LogP contribution in [0.25, 0.3) is 0 Å². The second-order valence-corrected chi connectivity index (χ2v) is 5.15. The third-order valence-corrected chi connectivity index (χ3v) is 3.75. The highest BCUT2D eigenvalue weighted by molar-refractivity contribution is 8.13. The van der Waals surface area contributed by atoms with Crippen molar-refractivity contribution in [2.45, 2.75) is 19.9 Å². The molecular weight excluding hydrogens is 296 g/mol. The Morgan fingerprint density at radius 1 is 1.29 bits per heavy atom. The van der Waals surface area contributed by atoms with Crippen LogP contribution in [0.2, 0.25) is 0 Å². The summed E-state index contributed by atoms with van der Waals surface area (Å²) in [4.78, 5) is 25.1. The van der Waals surface area contributed by atoms with Gasteiger partial charge in [-0.05, 0) is 25.7 Å². The number of anilines is 1. The van der Waals surface area contributed by atoms with Crippen molar-refractivity contribution >= 4 is 33.9 Å². The van der Waals surface area contributed by atoms with E-state index in [2.05, 4.69) is 10.3 Å². The van der Waals surface area contributed by atoms with Gasteiger partial charge in [-0.15, -0.1) is 11.8 Å². The summed E-state index contributed by atoms with van der Waals surface area (Å²) >= 11 is 1.38. The fourth-order valence-corrected chi connectivity index (χ4v) is 2.52. The fourth-order valence-electron chi connectivity index (χ4n) is 1.92. The average molecular weight is 312 g/mol. The van der Waals surface area contributed by atoms with Crippen molar-refractivity contribution in [3.05, 3.63) is 37.9 Å². The number of nitro benzene ring substituents is 2. The Labute approximate surface area is 125 Å². The van der Waals surface area contributed by atoms with Crippen molar-refractivity contribution in [3.8, 4) is 0 Å². The lowest BCUT2D eigenvalue weighted by molar-refractivity contribution is -0.392. The second-order valence-electron chi connectivity index (χ2n) is 4.32. The maximum Gasteiger partial charge on any atom is 0.299 e. The van der Waals surface area contributed by atoms with Gasteiger partial charge in [0.1, 0.15) is 0 Å². The van der Waals surface area contributed by atoms with E-state index in [9.17, 15) is 20.2 Å². The smallest absolute Gasteiger partial charge is 0.299 e. The van der Waals surface area contributed by atoms with Crippen LogP contribution in [0.4, 0.5) is 17.1 Å². The Morgan fingerprint density at radius 2 is 1.76 bits per heavy atom. The minimum absolute atomic E-state index is 0.0988. The Balaban J connectivity index is 3.38. The number of nitro groups is 2. The fraction of sp³-hybridized carbons (Fsp3) is 0.417. The molecule has 1 atom stereocenters. The first-order valence-corrected chi connectivity index (χ1v) is 7.24. The van der Waals surface area contributed by atoms with Crippen molar-refractivity contribution < 1.29 is 9.85 Å². The van der Waals surface area contributed by atoms with Crippen LogP contribution < -0.4 is 5.32 Å². The zero-order chi connectivity index (χ0) is 16.2. The van der Waals surface area contributed by atoms with Crippen molar-refractivity contribution in [1.29, 1.82) is 0 Å². The molecule has 0 aliphatic carbocycles. The maximum absolute atomic E-state index is 11.1. The van der Waals surface area contributed by atoms with E-state index in [1.807, 2.05) is 6.26 Å². The topological polar surface area (TPSA) is 111 Å². The molecule has 0 saturated carbocycles. The molecule has 1 N–H and O–H groups in total.